The first-order chi connectivity index (χ1) is 14.4. The van der Waals surface area contributed by atoms with Gasteiger partial charge in [-0.05, 0) is 48.8 Å². The zero-order chi connectivity index (χ0) is 21.1. The number of nitrogens with zero attached hydrogens (tertiary/aromatic N) is 4. The van der Waals surface area contributed by atoms with Crippen LogP contribution in [-0.4, -0.2) is 42.1 Å². The van der Waals surface area contributed by atoms with Crippen molar-refractivity contribution < 1.29 is 4.79 Å². The summed E-state index contributed by atoms with van der Waals surface area (Å²) >= 11 is 0. The molecule has 1 amide bonds. The Morgan fingerprint density at radius 3 is 2.10 bits per heavy atom. The zero-order valence-corrected chi connectivity index (χ0v) is 18.2. The van der Waals surface area contributed by atoms with Gasteiger partial charge in [-0.3, -0.25) is 15.6 Å². The number of benzene rings is 1. The monoisotopic (exact) mass is 408 g/mol. The fraction of sp³-hybridized carbons (Fsp3) is 0.522. The fourth-order valence-electron chi connectivity index (χ4n) is 3.97. The quantitative estimate of drug-likeness (QED) is 0.735. The van der Waals surface area contributed by atoms with E-state index in [9.17, 15) is 4.79 Å². The summed E-state index contributed by atoms with van der Waals surface area (Å²) in [5.41, 5.74) is 7.68. The van der Waals surface area contributed by atoms with Crippen LogP contribution in [0.2, 0.25) is 0 Å². The number of hydrogen-bond acceptors (Lipinski definition) is 6. The van der Waals surface area contributed by atoms with Gasteiger partial charge in [0.15, 0.2) is 5.82 Å². The Morgan fingerprint density at radius 1 is 0.900 bits per heavy atom. The SMILES string of the molecule is CC(C)(C)c1ccc(C(=O)NNc2cc(N3CCCC3)nc(N3CCCC3)n2)cc1. The van der Waals surface area contributed by atoms with Gasteiger partial charge in [0.25, 0.3) is 5.91 Å². The minimum absolute atomic E-state index is 0.0617. The molecule has 7 nitrogen and oxygen atoms in total. The number of anilines is 3. The van der Waals surface area contributed by atoms with Crippen molar-refractivity contribution >= 4 is 23.5 Å². The van der Waals surface area contributed by atoms with E-state index in [1.807, 2.05) is 30.3 Å². The lowest BCUT2D eigenvalue weighted by atomic mass is 9.87. The Hall–Kier alpha value is -2.83. The van der Waals surface area contributed by atoms with Crippen LogP contribution >= 0.6 is 0 Å². The lowest BCUT2D eigenvalue weighted by Crippen LogP contribution is -2.31. The van der Waals surface area contributed by atoms with E-state index in [2.05, 4.69) is 46.4 Å². The van der Waals surface area contributed by atoms with E-state index in [0.717, 1.165) is 37.9 Å². The number of carbonyl (C=O) groups is 1. The molecule has 2 N–H and O–H groups in total. The number of hydrogen-bond donors (Lipinski definition) is 2. The van der Waals surface area contributed by atoms with Crippen molar-refractivity contribution in [2.75, 3.05) is 41.4 Å². The summed E-state index contributed by atoms with van der Waals surface area (Å²) in [5, 5.41) is 0. The Morgan fingerprint density at radius 2 is 1.50 bits per heavy atom. The smallest absolute Gasteiger partial charge is 0.269 e. The summed E-state index contributed by atoms with van der Waals surface area (Å²) in [6.07, 6.45) is 4.71. The highest BCUT2D eigenvalue weighted by Crippen LogP contribution is 2.25. The van der Waals surface area contributed by atoms with Gasteiger partial charge in [0.05, 0.1) is 0 Å². The molecule has 2 aliphatic rings. The molecule has 1 aromatic carbocycles. The first-order valence-corrected chi connectivity index (χ1v) is 11.0. The van der Waals surface area contributed by atoms with Crippen molar-refractivity contribution in [2.24, 2.45) is 0 Å². The first-order valence-electron chi connectivity index (χ1n) is 11.0. The number of carbonyl (C=O) groups excluding carboxylic acids is 1. The molecule has 3 heterocycles. The molecular formula is C23H32N6O. The van der Waals surface area contributed by atoms with E-state index in [0.29, 0.717) is 11.4 Å². The highest BCUT2D eigenvalue weighted by atomic mass is 16.2. The van der Waals surface area contributed by atoms with Crippen LogP contribution in [0.4, 0.5) is 17.6 Å². The zero-order valence-electron chi connectivity index (χ0n) is 18.2. The van der Waals surface area contributed by atoms with E-state index < -0.39 is 0 Å². The summed E-state index contributed by atoms with van der Waals surface area (Å²) < 4.78 is 0. The van der Waals surface area contributed by atoms with Gasteiger partial charge in [0, 0.05) is 37.8 Å². The largest absolute Gasteiger partial charge is 0.356 e. The van der Waals surface area contributed by atoms with Gasteiger partial charge in [0.2, 0.25) is 5.95 Å². The Labute approximate surface area is 178 Å². The van der Waals surface area contributed by atoms with Gasteiger partial charge in [-0.25, -0.2) is 0 Å². The van der Waals surface area contributed by atoms with Crippen molar-refractivity contribution in [3.63, 3.8) is 0 Å². The molecule has 0 aliphatic carbocycles. The Bertz CT molecular complexity index is 843. The fourth-order valence-corrected chi connectivity index (χ4v) is 3.97. The van der Waals surface area contributed by atoms with Crippen molar-refractivity contribution in [2.45, 2.75) is 51.9 Å². The van der Waals surface area contributed by atoms with Crippen LogP contribution in [0, 0.1) is 0 Å². The van der Waals surface area contributed by atoms with Gasteiger partial charge in [-0.1, -0.05) is 32.9 Å². The van der Waals surface area contributed by atoms with Crippen LogP contribution in [0.25, 0.3) is 0 Å². The molecule has 1 aromatic heterocycles. The third-order valence-corrected chi connectivity index (χ3v) is 5.84. The van der Waals surface area contributed by atoms with Crippen molar-refractivity contribution in [3.8, 4) is 0 Å². The van der Waals surface area contributed by atoms with Gasteiger partial charge in [-0.15, -0.1) is 0 Å². The predicted molar refractivity (Wildman–Crippen MR) is 121 cm³/mol. The molecule has 2 fully saturated rings. The van der Waals surface area contributed by atoms with Gasteiger partial charge >= 0.3 is 0 Å². The topological polar surface area (TPSA) is 73.4 Å². The molecule has 30 heavy (non-hydrogen) atoms. The number of rotatable bonds is 5. The predicted octanol–water partition coefficient (Wildman–Crippen LogP) is 3.73. The molecule has 0 unspecified atom stereocenters. The standard InChI is InChI=1S/C23H32N6O/c1-23(2,3)18-10-8-17(9-11-18)21(30)27-26-19-16-20(28-12-4-5-13-28)25-22(24-19)29-14-6-7-15-29/h8-11,16H,4-7,12-15H2,1-3H3,(H,27,30)(H,24,25,26). The van der Waals surface area contributed by atoms with Crippen molar-refractivity contribution in [1.82, 2.24) is 15.4 Å². The lowest BCUT2D eigenvalue weighted by Gasteiger charge is -2.22. The van der Waals surface area contributed by atoms with Crippen LogP contribution in [0.15, 0.2) is 30.3 Å². The van der Waals surface area contributed by atoms with Crippen LogP contribution in [0.5, 0.6) is 0 Å². The molecule has 160 valence electrons. The lowest BCUT2D eigenvalue weighted by molar-refractivity contribution is 0.0962. The molecule has 0 radical (unpaired) electrons. The van der Waals surface area contributed by atoms with Gasteiger partial charge < -0.3 is 9.80 Å². The molecule has 0 spiro atoms. The number of aromatic nitrogens is 2. The normalized spacial score (nSPS) is 16.8. The van der Waals surface area contributed by atoms with Crippen LogP contribution in [0.1, 0.15) is 62.4 Å². The summed E-state index contributed by atoms with van der Waals surface area (Å²) in [6, 6.07) is 9.67. The van der Waals surface area contributed by atoms with E-state index >= 15 is 0 Å². The molecular weight excluding hydrogens is 376 g/mol. The van der Waals surface area contributed by atoms with Crippen LogP contribution < -0.4 is 20.7 Å². The van der Waals surface area contributed by atoms with Crippen molar-refractivity contribution in [3.05, 3.63) is 41.5 Å². The van der Waals surface area contributed by atoms with E-state index in [1.165, 1.54) is 31.2 Å². The first kappa shape index (κ1) is 20.4. The second kappa shape index (κ2) is 8.50. The third kappa shape index (κ3) is 4.66. The third-order valence-electron chi connectivity index (χ3n) is 5.84. The maximum Gasteiger partial charge on any atom is 0.269 e. The summed E-state index contributed by atoms with van der Waals surface area (Å²) in [4.78, 5) is 26.6. The number of hydrazine groups is 1. The second-order valence-electron chi connectivity index (χ2n) is 9.21. The molecule has 0 saturated carbocycles. The average Bonchev–Trinajstić information content (AvgIpc) is 3.45. The molecule has 7 heteroatoms. The van der Waals surface area contributed by atoms with E-state index in [4.69, 9.17) is 4.98 Å². The average molecular weight is 409 g/mol. The number of amides is 1. The highest BCUT2D eigenvalue weighted by Gasteiger charge is 2.21. The maximum absolute atomic E-state index is 12.6. The second-order valence-corrected chi connectivity index (χ2v) is 9.21. The summed E-state index contributed by atoms with van der Waals surface area (Å²) in [5.74, 6) is 2.10. The molecule has 2 saturated heterocycles. The molecule has 2 aromatic rings. The Kier molecular flexibility index (Phi) is 5.79. The molecule has 0 atom stereocenters. The van der Waals surface area contributed by atoms with Gasteiger partial charge in [0.1, 0.15) is 5.82 Å². The molecule has 4 rings (SSSR count). The summed E-state index contributed by atoms with van der Waals surface area (Å²) in [7, 11) is 0. The van der Waals surface area contributed by atoms with Crippen LogP contribution in [-0.2, 0) is 5.41 Å². The minimum atomic E-state index is -0.181. The summed E-state index contributed by atoms with van der Waals surface area (Å²) in [6.45, 7) is 10.5. The van der Waals surface area contributed by atoms with Gasteiger partial charge in [-0.2, -0.15) is 9.97 Å². The molecule has 2 aliphatic heterocycles. The maximum atomic E-state index is 12.6. The molecule has 0 bridgehead atoms. The van der Waals surface area contributed by atoms with Crippen molar-refractivity contribution in [1.29, 1.82) is 0 Å². The van der Waals surface area contributed by atoms with Crippen LogP contribution in [0.3, 0.4) is 0 Å². The van der Waals surface area contributed by atoms with E-state index in [1.54, 1.807) is 0 Å². The highest BCUT2D eigenvalue weighted by molar-refractivity contribution is 5.94. The number of nitrogens with one attached hydrogen (secondary N) is 2. The van der Waals surface area contributed by atoms with E-state index in [-0.39, 0.29) is 11.3 Å². The minimum Gasteiger partial charge on any atom is -0.356 e. The Balaban J connectivity index is 1.48.